The van der Waals surface area contributed by atoms with Crippen LogP contribution in [-0.2, 0) is 4.79 Å². The summed E-state index contributed by atoms with van der Waals surface area (Å²) in [7, 11) is 0. The highest BCUT2D eigenvalue weighted by Crippen LogP contribution is 2.35. The van der Waals surface area contributed by atoms with Crippen LogP contribution in [-0.4, -0.2) is 18.4 Å². The molecule has 0 spiro atoms. The molecule has 0 unspecified atom stereocenters. The Morgan fingerprint density at radius 1 is 0.941 bits per heavy atom. The fourth-order valence-corrected chi connectivity index (χ4v) is 3.16. The van der Waals surface area contributed by atoms with Gasteiger partial charge in [0.15, 0.2) is 18.1 Å². The second kappa shape index (κ2) is 9.14. The molecule has 5 nitrogen and oxygen atoms in total. The third kappa shape index (κ3) is 4.32. The highest BCUT2D eigenvalue weighted by Gasteiger charge is 2.29. The molecule has 1 heterocycles. The van der Waals surface area contributed by atoms with Crippen molar-refractivity contribution >= 4 is 29.4 Å². The summed E-state index contributed by atoms with van der Waals surface area (Å²) in [6.45, 7) is -1.17. The molecule has 0 atom stereocenters. The molecule has 3 aromatic carbocycles. The summed E-state index contributed by atoms with van der Waals surface area (Å²) in [6, 6.07) is 10.5. The van der Waals surface area contributed by atoms with Gasteiger partial charge in [0.1, 0.15) is 11.5 Å². The number of benzene rings is 3. The summed E-state index contributed by atoms with van der Waals surface area (Å²) in [4.78, 5) is 24.5. The molecule has 1 aliphatic rings. The number of esters is 1. The maximum Gasteiger partial charge on any atom is 0.349 e. The average molecular weight is 497 g/mol. The zero-order valence-electron chi connectivity index (χ0n) is 16.6. The molecule has 0 N–H and O–H groups in total. The number of ketones is 1. The van der Waals surface area contributed by atoms with E-state index in [2.05, 4.69) is 4.74 Å². The van der Waals surface area contributed by atoms with Crippen LogP contribution in [0.25, 0.3) is 6.08 Å². The number of hydrogen-bond donors (Lipinski definition) is 0. The first-order valence-electron chi connectivity index (χ1n) is 9.35. The quantitative estimate of drug-likeness (QED) is 0.114. The summed E-state index contributed by atoms with van der Waals surface area (Å²) in [5.74, 6) is -14.6. The van der Waals surface area contributed by atoms with E-state index >= 15 is 0 Å². The van der Waals surface area contributed by atoms with Crippen LogP contribution in [0.3, 0.4) is 0 Å². The first-order valence-corrected chi connectivity index (χ1v) is 9.73. The van der Waals surface area contributed by atoms with Crippen molar-refractivity contribution < 1.29 is 45.8 Å². The van der Waals surface area contributed by atoms with Crippen LogP contribution in [0.2, 0.25) is 5.02 Å². The highest BCUT2D eigenvalue weighted by molar-refractivity contribution is 6.32. The maximum atomic E-state index is 13.6. The minimum absolute atomic E-state index is 0.0266. The number of allylic oxidation sites excluding steroid dienone is 1. The fraction of sp³-hybridized carbons (Fsp3) is 0.0435. The Bertz CT molecular complexity index is 1340. The molecule has 3 aromatic rings. The van der Waals surface area contributed by atoms with Crippen molar-refractivity contribution in [3.63, 3.8) is 0 Å². The number of carbonyl (C=O) groups excluding carboxylic acids is 2. The van der Waals surface area contributed by atoms with E-state index in [1.807, 2.05) is 0 Å². The second-order valence-electron chi connectivity index (χ2n) is 6.78. The van der Waals surface area contributed by atoms with Gasteiger partial charge in [0.25, 0.3) is 0 Å². The smallest absolute Gasteiger partial charge is 0.349 e. The number of ether oxygens (including phenoxy) is 3. The van der Waals surface area contributed by atoms with Crippen LogP contribution >= 0.6 is 11.6 Å². The lowest BCUT2D eigenvalue weighted by atomic mass is 10.1. The van der Waals surface area contributed by atoms with Gasteiger partial charge in [-0.3, -0.25) is 4.79 Å². The monoisotopic (exact) mass is 496 g/mol. The number of halogens is 6. The predicted molar refractivity (Wildman–Crippen MR) is 108 cm³/mol. The van der Waals surface area contributed by atoms with Gasteiger partial charge in [-0.05, 0) is 29.8 Å². The van der Waals surface area contributed by atoms with Crippen LogP contribution < -0.4 is 14.2 Å². The molecule has 0 saturated carbocycles. The Kier molecular flexibility index (Phi) is 6.25. The van der Waals surface area contributed by atoms with Crippen molar-refractivity contribution in [3.8, 4) is 17.2 Å². The fourth-order valence-electron chi connectivity index (χ4n) is 2.97. The van der Waals surface area contributed by atoms with Gasteiger partial charge < -0.3 is 14.2 Å². The van der Waals surface area contributed by atoms with Crippen molar-refractivity contribution in [1.29, 1.82) is 0 Å². The summed E-state index contributed by atoms with van der Waals surface area (Å²) in [5.41, 5.74) is 0.716. The van der Waals surface area contributed by atoms with Gasteiger partial charge in [-0.25, -0.2) is 18.0 Å². The number of carbonyl (C=O) groups is 2. The molecule has 0 fully saturated rings. The number of fused-ring (bicyclic) bond motifs is 1. The molecular formula is C23H10ClF5O5. The Morgan fingerprint density at radius 3 is 2.26 bits per heavy atom. The van der Waals surface area contributed by atoms with Crippen molar-refractivity contribution in [3.05, 3.63) is 93.5 Å². The van der Waals surface area contributed by atoms with Gasteiger partial charge >= 0.3 is 5.97 Å². The van der Waals surface area contributed by atoms with Crippen molar-refractivity contribution in [1.82, 2.24) is 0 Å². The van der Waals surface area contributed by atoms with E-state index < -0.39 is 53.2 Å². The molecule has 0 saturated heterocycles. The SMILES string of the molecule is O=C(COc1c(F)c(F)c(F)c(F)c1F)Oc1ccc2c(c1)O/C(=C\c1ccccc1Cl)C2=O. The van der Waals surface area contributed by atoms with E-state index in [0.29, 0.717) is 10.6 Å². The Morgan fingerprint density at radius 2 is 1.59 bits per heavy atom. The molecule has 0 aromatic heterocycles. The minimum Gasteiger partial charge on any atom is -0.476 e. The van der Waals surface area contributed by atoms with Crippen molar-refractivity contribution in [2.45, 2.75) is 0 Å². The summed E-state index contributed by atoms with van der Waals surface area (Å²) in [6.07, 6.45) is 1.44. The van der Waals surface area contributed by atoms with E-state index in [1.165, 1.54) is 24.3 Å². The average Bonchev–Trinajstić information content (AvgIpc) is 3.12. The molecule has 1 aliphatic heterocycles. The first kappa shape index (κ1) is 23.2. The lowest BCUT2D eigenvalue weighted by Gasteiger charge is -2.10. The largest absolute Gasteiger partial charge is 0.476 e. The predicted octanol–water partition coefficient (Wildman–Crippen LogP) is 5.64. The van der Waals surface area contributed by atoms with E-state index in [4.69, 9.17) is 21.1 Å². The molecule has 0 bridgehead atoms. The molecule has 4 rings (SSSR count). The van der Waals surface area contributed by atoms with Crippen LogP contribution in [0.1, 0.15) is 15.9 Å². The standard InChI is InChI=1S/C23H10ClF5O5/c24-13-4-2-1-3-10(13)7-15-22(31)12-6-5-11(8-14(12)34-15)33-16(30)9-32-23-20(28)18(26)17(25)19(27)21(23)29/h1-8H,9H2/b15-7-. The molecule has 11 heteroatoms. The van der Waals surface area contributed by atoms with Crippen LogP contribution in [0.5, 0.6) is 17.2 Å². The third-order valence-corrected chi connectivity index (χ3v) is 4.91. The Hall–Kier alpha value is -3.92. The molecule has 0 aliphatic carbocycles. The topological polar surface area (TPSA) is 61.8 Å². The summed E-state index contributed by atoms with van der Waals surface area (Å²) in [5, 5.41) is 0.394. The molecule has 0 amide bonds. The zero-order valence-corrected chi connectivity index (χ0v) is 17.4. The van der Waals surface area contributed by atoms with E-state index in [1.54, 1.807) is 24.3 Å². The van der Waals surface area contributed by atoms with Crippen molar-refractivity contribution in [2.75, 3.05) is 6.61 Å². The number of rotatable bonds is 5. The van der Waals surface area contributed by atoms with Gasteiger partial charge in [0.05, 0.1) is 5.56 Å². The Labute approximate surface area is 192 Å². The van der Waals surface area contributed by atoms with Crippen LogP contribution in [0, 0.1) is 29.1 Å². The van der Waals surface area contributed by atoms with Crippen LogP contribution in [0.4, 0.5) is 22.0 Å². The van der Waals surface area contributed by atoms with Gasteiger partial charge in [0, 0.05) is 11.1 Å². The van der Waals surface area contributed by atoms with Crippen molar-refractivity contribution in [2.24, 2.45) is 0 Å². The maximum absolute atomic E-state index is 13.6. The van der Waals surface area contributed by atoms with E-state index in [-0.39, 0.29) is 22.8 Å². The number of hydrogen-bond acceptors (Lipinski definition) is 5. The van der Waals surface area contributed by atoms with E-state index in [0.717, 1.165) is 0 Å². The summed E-state index contributed by atoms with van der Waals surface area (Å²) < 4.78 is 81.6. The minimum atomic E-state index is -2.36. The normalized spacial score (nSPS) is 13.6. The summed E-state index contributed by atoms with van der Waals surface area (Å²) >= 11 is 6.07. The lowest BCUT2D eigenvalue weighted by molar-refractivity contribution is -0.136. The first-order chi connectivity index (χ1) is 16.2. The second-order valence-corrected chi connectivity index (χ2v) is 7.19. The van der Waals surface area contributed by atoms with Crippen LogP contribution in [0.15, 0.2) is 48.2 Å². The van der Waals surface area contributed by atoms with Gasteiger partial charge in [-0.15, -0.1) is 0 Å². The lowest BCUT2D eigenvalue weighted by Crippen LogP contribution is -2.19. The Balaban J connectivity index is 1.46. The molecule has 174 valence electrons. The molecule has 34 heavy (non-hydrogen) atoms. The number of Topliss-reactive ketones (excluding diaryl/α,β-unsaturated/α-hetero) is 1. The van der Waals surface area contributed by atoms with E-state index in [9.17, 15) is 31.5 Å². The molecule has 0 radical (unpaired) electrons. The van der Waals surface area contributed by atoms with Gasteiger partial charge in [0.2, 0.25) is 34.9 Å². The highest BCUT2D eigenvalue weighted by atomic mass is 35.5. The molecular weight excluding hydrogens is 487 g/mol. The van der Waals surface area contributed by atoms with Gasteiger partial charge in [-0.2, -0.15) is 8.78 Å². The third-order valence-electron chi connectivity index (χ3n) is 4.57. The van der Waals surface area contributed by atoms with Gasteiger partial charge in [-0.1, -0.05) is 29.8 Å². The zero-order chi connectivity index (χ0) is 24.6.